The third kappa shape index (κ3) is 2.49. The van der Waals surface area contributed by atoms with Gasteiger partial charge in [-0.1, -0.05) is 18.2 Å². The molecular formula is C12H18O3. The molecule has 0 aromatic heterocycles. The Kier molecular flexibility index (Phi) is 4.12. The molecule has 0 saturated heterocycles. The van der Waals surface area contributed by atoms with Crippen molar-refractivity contribution in [3.05, 3.63) is 29.8 Å². The van der Waals surface area contributed by atoms with Gasteiger partial charge in [0, 0.05) is 25.7 Å². The van der Waals surface area contributed by atoms with E-state index in [2.05, 4.69) is 0 Å². The average Bonchev–Trinajstić information content (AvgIpc) is 2.29. The quantitative estimate of drug-likeness (QED) is 0.807. The van der Waals surface area contributed by atoms with E-state index in [1.54, 1.807) is 14.2 Å². The molecule has 15 heavy (non-hydrogen) atoms. The van der Waals surface area contributed by atoms with Crippen molar-refractivity contribution in [2.45, 2.75) is 18.9 Å². The molecule has 0 spiro atoms. The molecule has 1 unspecified atom stereocenters. The topological polar surface area (TPSA) is 38.7 Å². The largest absolute Gasteiger partial charge is 0.496 e. The van der Waals surface area contributed by atoms with E-state index in [4.69, 9.17) is 14.6 Å². The number of hydrogen-bond acceptors (Lipinski definition) is 3. The van der Waals surface area contributed by atoms with Gasteiger partial charge in [-0.3, -0.25) is 0 Å². The Morgan fingerprint density at radius 1 is 1.27 bits per heavy atom. The lowest BCUT2D eigenvalue weighted by Crippen LogP contribution is -2.26. The lowest BCUT2D eigenvalue weighted by atomic mass is 9.91. The molecule has 1 atom stereocenters. The Morgan fingerprint density at radius 3 is 2.47 bits per heavy atom. The van der Waals surface area contributed by atoms with E-state index < -0.39 is 5.60 Å². The summed E-state index contributed by atoms with van der Waals surface area (Å²) in [4.78, 5) is 0. The van der Waals surface area contributed by atoms with Crippen LogP contribution in [0.3, 0.4) is 0 Å². The number of methoxy groups -OCH3 is 2. The SMILES string of the molecule is COc1ccccc1C(C)(CCO)OC. The first-order valence-corrected chi connectivity index (χ1v) is 4.97. The summed E-state index contributed by atoms with van der Waals surface area (Å²) in [6.45, 7) is 2.03. The van der Waals surface area contributed by atoms with Crippen molar-refractivity contribution < 1.29 is 14.6 Å². The molecule has 84 valence electrons. The molecule has 0 saturated carbocycles. The molecule has 0 aliphatic carbocycles. The summed E-state index contributed by atoms with van der Waals surface area (Å²) < 4.78 is 10.7. The van der Waals surface area contributed by atoms with Crippen LogP contribution in [0.4, 0.5) is 0 Å². The molecule has 3 heteroatoms. The van der Waals surface area contributed by atoms with Gasteiger partial charge < -0.3 is 14.6 Å². The highest BCUT2D eigenvalue weighted by Gasteiger charge is 2.28. The van der Waals surface area contributed by atoms with Crippen LogP contribution in [0.5, 0.6) is 5.75 Å². The molecular weight excluding hydrogens is 192 g/mol. The zero-order valence-corrected chi connectivity index (χ0v) is 9.49. The Morgan fingerprint density at radius 2 is 1.93 bits per heavy atom. The number of aliphatic hydroxyl groups is 1. The van der Waals surface area contributed by atoms with Crippen LogP contribution in [0, 0.1) is 0 Å². The molecule has 0 amide bonds. The van der Waals surface area contributed by atoms with E-state index >= 15 is 0 Å². The third-order valence-electron chi connectivity index (χ3n) is 2.72. The van der Waals surface area contributed by atoms with Gasteiger partial charge in [-0.25, -0.2) is 0 Å². The third-order valence-corrected chi connectivity index (χ3v) is 2.72. The van der Waals surface area contributed by atoms with E-state index in [0.717, 1.165) is 11.3 Å². The van der Waals surface area contributed by atoms with Crippen molar-refractivity contribution in [3.8, 4) is 5.75 Å². The van der Waals surface area contributed by atoms with E-state index in [1.807, 2.05) is 31.2 Å². The highest BCUT2D eigenvalue weighted by Crippen LogP contribution is 2.34. The molecule has 0 bridgehead atoms. The molecule has 0 aliphatic heterocycles. The van der Waals surface area contributed by atoms with Crippen molar-refractivity contribution in [1.29, 1.82) is 0 Å². The summed E-state index contributed by atoms with van der Waals surface area (Å²) in [5, 5.41) is 9.04. The minimum atomic E-state index is -0.499. The van der Waals surface area contributed by atoms with Crippen LogP contribution >= 0.6 is 0 Å². The van der Waals surface area contributed by atoms with Gasteiger partial charge >= 0.3 is 0 Å². The maximum atomic E-state index is 9.04. The van der Waals surface area contributed by atoms with Crippen molar-refractivity contribution in [3.63, 3.8) is 0 Å². The van der Waals surface area contributed by atoms with E-state index in [1.165, 1.54) is 0 Å². The van der Waals surface area contributed by atoms with Crippen molar-refractivity contribution in [2.75, 3.05) is 20.8 Å². The lowest BCUT2D eigenvalue weighted by molar-refractivity contribution is -0.0189. The number of benzene rings is 1. The van der Waals surface area contributed by atoms with Gasteiger partial charge in [-0.2, -0.15) is 0 Å². The fourth-order valence-corrected chi connectivity index (χ4v) is 1.64. The summed E-state index contributed by atoms with van der Waals surface area (Å²) in [6, 6.07) is 7.70. The Bertz CT molecular complexity index is 311. The van der Waals surface area contributed by atoms with Crippen LogP contribution in [0.25, 0.3) is 0 Å². The van der Waals surface area contributed by atoms with Crippen molar-refractivity contribution in [1.82, 2.24) is 0 Å². The summed E-state index contributed by atoms with van der Waals surface area (Å²) in [6.07, 6.45) is 0.546. The van der Waals surface area contributed by atoms with Gasteiger partial charge in [0.1, 0.15) is 5.75 Å². The summed E-state index contributed by atoms with van der Waals surface area (Å²) in [5.41, 5.74) is 0.463. The van der Waals surface area contributed by atoms with Crippen LogP contribution in [-0.2, 0) is 10.3 Å². The summed E-state index contributed by atoms with van der Waals surface area (Å²) in [5.74, 6) is 0.787. The number of aliphatic hydroxyl groups excluding tert-OH is 1. The summed E-state index contributed by atoms with van der Waals surface area (Å²) >= 11 is 0. The minimum Gasteiger partial charge on any atom is -0.496 e. The molecule has 0 heterocycles. The standard InChI is InChI=1S/C12H18O3/c1-12(15-3,8-9-13)10-6-4-5-7-11(10)14-2/h4-7,13H,8-9H2,1-3H3. The van der Waals surface area contributed by atoms with Gasteiger partial charge in [0.15, 0.2) is 0 Å². The first-order chi connectivity index (χ1) is 7.18. The van der Waals surface area contributed by atoms with Crippen LogP contribution in [0.2, 0.25) is 0 Å². The van der Waals surface area contributed by atoms with Gasteiger partial charge in [0.05, 0.1) is 12.7 Å². The van der Waals surface area contributed by atoms with Crippen LogP contribution in [0.15, 0.2) is 24.3 Å². The number of hydrogen-bond donors (Lipinski definition) is 1. The fourth-order valence-electron chi connectivity index (χ4n) is 1.64. The molecule has 0 fully saturated rings. The molecule has 1 N–H and O–H groups in total. The predicted molar refractivity (Wildman–Crippen MR) is 59.1 cm³/mol. The van der Waals surface area contributed by atoms with Gasteiger partial charge in [0.2, 0.25) is 0 Å². The highest BCUT2D eigenvalue weighted by molar-refractivity contribution is 5.37. The van der Waals surface area contributed by atoms with E-state index in [9.17, 15) is 0 Å². The maximum Gasteiger partial charge on any atom is 0.124 e. The van der Waals surface area contributed by atoms with Crippen molar-refractivity contribution in [2.24, 2.45) is 0 Å². The zero-order chi connectivity index (χ0) is 11.3. The number of rotatable bonds is 5. The smallest absolute Gasteiger partial charge is 0.124 e. The first-order valence-electron chi connectivity index (χ1n) is 4.97. The van der Waals surface area contributed by atoms with E-state index in [-0.39, 0.29) is 6.61 Å². The summed E-state index contributed by atoms with van der Waals surface area (Å²) in [7, 11) is 3.27. The van der Waals surface area contributed by atoms with Crippen molar-refractivity contribution >= 4 is 0 Å². The van der Waals surface area contributed by atoms with Gasteiger partial charge in [0.25, 0.3) is 0 Å². The van der Waals surface area contributed by atoms with E-state index in [0.29, 0.717) is 6.42 Å². The van der Waals surface area contributed by atoms with Gasteiger partial charge in [-0.15, -0.1) is 0 Å². The second-order valence-corrected chi connectivity index (χ2v) is 3.61. The van der Waals surface area contributed by atoms with Crippen LogP contribution in [-0.4, -0.2) is 25.9 Å². The Balaban J connectivity index is 3.10. The molecule has 0 aliphatic rings. The monoisotopic (exact) mass is 210 g/mol. The molecule has 0 radical (unpaired) electrons. The number of para-hydroxylation sites is 1. The zero-order valence-electron chi connectivity index (χ0n) is 9.49. The molecule has 3 nitrogen and oxygen atoms in total. The second-order valence-electron chi connectivity index (χ2n) is 3.61. The van der Waals surface area contributed by atoms with Gasteiger partial charge in [-0.05, 0) is 13.0 Å². The average molecular weight is 210 g/mol. The van der Waals surface area contributed by atoms with Crippen LogP contribution < -0.4 is 4.74 Å². The fraction of sp³-hybridized carbons (Fsp3) is 0.500. The molecule has 1 rings (SSSR count). The molecule has 1 aromatic rings. The predicted octanol–water partition coefficient (Wildman–Crippen LogP) is 1.94. The lowest BCUT2D eigenvalue weighted by Gasteiger charge is -2.29. The van der Waals surface area contributed by atoms with Crippen LogP contribution in [0.1, 0.15) is 18.9 Å². The minimum absolute atomic E-state index is 0.0857. The number of ether oxygens (including phenoxy) is 2. The molecule has 1 aromatic carbocycles. The maximum absolute atomic E-state index is 9.04. The second kappa shape index (κ2) is 5.14. The normalized spacial score (nSPS) is 14.7. The highest BCUT2D eigenvalue weighted by atomic mass is 16.5. The first kappa shape index (κ1) is 12.0. The Hall–Kier alpha value is -1.06. The Labute approximate surface area is 90.6 Å².